The Hall–Kier alpha value is -1.35. The number of nitrogens with zero attached hydrogens (tertiary/aromatic N) is 1. The second-order valence-corrected chi connectivity index (χ2v) is 5.09. The van der Waals surface area contributed by atoms with Crippen molar-refractivity contribution in [2.45, 2.75) is 26.2 Å². The molecule has 0 amide bonds. The zero-order chi connectivity index (χ0) is 13.7. The molecule has 1 rings (SSSR count). The molecule has 0 saturated heterocycles. The number of ether oxygens (including phenoxy) is 1. The van der Waals surface area contributed by atoms with Crippen LogP contribution in [-0.4, -0.2) is 38.4 Å². The van der Waals surface area contributed by atoms with E-state index >= 15 is 0 Å². The lowest BCUT2D eigenvalue weighted by atomic mass is 9.97. The Labute approximate surface area is 110 Å². The van der Waals surface area contributed by atoms with Crippen molar-refractivity contribution in [1.82, 2.24) is 4.90 Å². The number of carbonyl (C=O) groups excluding carboxylic acids is 1. The first kappa shape index (κ1) is 14.7. The second-order valence-electron chi connectivity index (χ2n) is 5.09. The lowest BCUT2D eigenvalue weighted by Crippen LogP contribution is -2.17. The van der Waals surface area contributed by atoms with E-state index in [0.29, 0.717) is 23.7 Å². The van der Waals surface area contributed by atoms with Crippen LogP contribution in [0.5, 0.6) is 5.75 Å². The quantitative estimate of drug-likeness (QED) is 0.726. The summed E-state index contributed by atoms with van der Waals surface area (Å²) in [5.41, 5.74) is 1.87. The third-order valence-corrected chi connectivity index (χ3v) is 2.98. The fraction of sp³-hybridized carbons (Fsp3) is 0.533. The largest absolute Gasteiger partial charge is 0.496 e. The molecule has 1 aromatic carbocycles. The Bertz CT molecular complexity index is 411. The first-order valence-corrected chi connectivity index (χ1v) is 6.31. The fourth-order valence-electron chi connectivity index (χ4n) is 1.76. The molecule has 100 valence electrons. The van der Waals surface area contributed by atoms with Gasteiger partial charge in [0, 0.05) is 13.0 Å². The highest BCUT2D eigenvalue weighted by Gasteiger charge is 2.14. The standard InChI is InChI=1S/C15H23NO2/c1-11(2)12-6-7-15(18-5)13(10-12)14(17)8-9-16(3)4/h6-7,10-11H,8-9H2,1-5H3. The minimum atomic E-state index is 0.142. The maximum atomic E-state index is 12.2. The van der Waals surface area contributed by atoms with Crippen LogP contribution in [0.25, 0.3) is 0 Å². The molecule has 0 aliphatic heterocycles. The molecule has 0 aromatic heterocycles. The van der Waals surface area contributed by atoms with E-state index in [9.17, 15) is 4.79 Å². The smallest absolute Gasteiger partial charge is 0.167 e. The third-order valence-electron chi connectivity index (χ3n) is 2.98. The van der Waals surface area contributed by atoms with Gasteiger partial charge in [0.15, 0.2) is 5.78 Å². The lowest BCUT2D eigenvalue weighted by Gasteiger charge is -2.13. The number of ketones is 1. The van der Waals surface area contributed by atoms with Crippen LogP contribution in [0.4, 0.5) is 0 Å². The SMILES string of the molecule is COc1ccc(C(C)C)cc1C(=O)CCN(C)C. The number of rotatable bonds is 6. The van der Waals surface area contributed by atoms with Gasteiger partial charge in [-0.3, -0.25) is 4.79 Å². The molecular weight excluding hydrogens is 226 g/mol. The van der Waals surface area contributed by atoms with E-state index in [0.717, 1.165) is 6.54 Å². The summed E-state index contributed by atoms with van der Waals surface area (Å²) in [6, 6.07) is 5.87. The highest BCUT2D eigenvalue weighted by atomic mass is 16.5. The van der Waals surface area contributed by atoms with E-state index in [2.05, 4.69) is 13.8 Å². The molecule has 0 saturated carbocycles. The Morgan fingerprint density at radius 1 is 1.33 bits per heavy atom. The molecule has 1 aromatic rings. The molecule has 0 aliphatic rings. The minimum Gasteiger partial charge on any atom is -0.496 e. The van der Waals surface area contributed by atoms with E-state index in [4.69, 9.17) is 4.74 Å². The fourth-order valence-corrected chi connectivity index (χ4v) is 1.76. The molecular formula is C15H23NO2. The summed E-state index contributed by atoms with van der Waals surface area (Å²) in [7, 11) is 5.54. The van der Waals surface area contributed by atoms with Gasteiger partial charge in [0.25, 0.3) is 0 Å². The highest BCUT2D eigenvalue weighted by Crippen LogP contribution is 2.25. The summed E-state index contributed by atoms with van der Waals surface area (Å²) >= 11 is 0. The van der Waals surface area contributed by atoms with Crippen molar-refractivity contribution in [2.24, 2.45) is 0 Å². The van der Waals surface area contributed by atoms with Crippen LogP contribution in [0.3, 0.4) is 0 Å². The monoisotopic (exact) mass is 249 g/mol. The van der Waals surface area contributed by atoms with Crippen molar-refractivity contribution in [3.63, 3.8) is 0 Å². The maximum absolute atomic E-state index is 12.2. The number of methoxy groups -OCH3 is 1. The van der Waals surface area contributed by atoms with Gasteiger partial charge in [-0.05, 0) is 37.7 Å². The summed E-state index contributed by atoms with van der Waals surface area (Å²) in [6.07, 6.45) is 0.519. The van der Waals surface area contributed by atoms with Gasteiger partial charge in [-0.15, -0.1) is 0 Å². The molecule has 0 fully saturated rings. The predicted octanol–water partition coefficient (Wildman–Crippen LogP) is 2.95. The van der Waals surface area contributed by atoms with Crippen molar-refractivity contribution in [3.05, 3.63) is 29.3 Å². The Balaban J connectivity index is 2.96. The molecule has 0 radical (unpaired) electrons. The average Bonchev–Trinajstić information content (AvgIpc) is 2.34. The molecule has 0 heterocycles. The van der Waals surface area contributed by atoms with Crippen LogP contribution in [0, 0.1) is 0 Å². The maximum Gasteiger partial charge on any atom is 0.167 e. The van der Waals surface area contributed by atoms with Gasteiger partial charge in [0.05, 0.1) is 12.7 Å². The Kier molecular flexibility index (Phi) is 5.35. The Morgan fingerprint density at radius 2 is 2.00 bits per heavy atom. The molecule has 0 bridgehead atoms. The summed E-state index contributed by atoms with van der Waals surface area (Å²) in [5.74, 6) is 1.22. The molecule has 0 aliphatic carbocycles. The summed E-state index contributed by atoms with van der Waals surface area (Å²) < 4.78 is 5.27. The van der Waals surface area contributed by atoms with E-state index in [1.807, 2.05) is 37.2 Å². The van der Waals surface area contributed by atoms with Crippen molar-refractivity contribution >= 4 is 5.78 Å². The van der Waals surface area contributed by atoms with Gasteiger partial charge < -0.3 is 9.64 Å². The average molecular weight is 249 g/mol. The molecule has 0 unspecified atom stereocenters. The molecule has 0 N–H and O–H groups in total. The minimum absolute atomic E-state index is 0.142. The first-order chi connectivity index (χ1) is 8.45. The van der Waals surface area contributed by atoms with Crippen LogP contribution in [0.2, 0.25) is 0 Å². The highest BCUT2D eigenvalue weighted by molar-refractivity contribution is 5.99. The molecule has 0 atom stereocenters. The van der Waals surface area contributed by atoms with Crippen LogP contribution >= 0.6 is 0 Å². The molecule has 18 heavy (non-hydrogen) atoms. The number of carbonyl (C=O) groups is 1. The van der Waals surface area contributed by atoms with Gasteiger partial charge in [-0.25, -0.2) is 0 Å². The number of benzene rings is 1. The Morgan fingerprint density at radius 3 is 2.50 bits per heavy atom. The summed E-state index contributed by atoms with van der Waals surface area (Å²) in [4.78, 5) is 14.2. The first-order valence-electron chi connectivity index (χ1n) is 6.31. The zero-order valence-corrected chi connectivity index (χ0v) is 12.0. The van der Waals surface area contributed by atoms with Crippen molar-refractivity contribution in [1.29, 1.82) is 0 Å². The van der Waals surface area contributed by atoms with Gasteiger partial charge in [-0.2, -0.15) is 0 Å². The van der Waals surface area contributed by atoms with Crippen molar-refractivity contribution in [3.8, 4) is 5.75 Å². The third kappa shape index (κ3) is 3.84. The zero-order valence-electron chi connectivity index (χ0n) is 12.0. The van der Waals surface area contributed by atoms with Crippen molar-refractivity contribution in [2.75, 3.05) is 27.7 Å². The van der Waals surface area contributed by atoms with E-state index in [1.165, 1.54) is 5.56 Å². The number of hydrogen-bond acceptors (Lipinski definition) is 3. The lowest BCUT2D eigenvalue weighted by molar-refractivity contribution is 0.0969. The summed E-state index contributed by atoms with van der Waals surface area (Å²) in [5, 5.41) is 0. The van der Waals surface area contributed by atoms with Crippen LogP contribution in [-0.2, 0) is 0 Å². The van der Waals surface area contributed by atoms with E-state index < -0.39 is 0 Å². The molecule has 0 spiro atoms. The topological polar surface area (TPSA) is 29.5 Å². The molecule has 3 nitrogen and oxygen atoms in total. The second kappa shape index (κ2) is 6.55. The van der Waals surface area contributed by atoms with E-state index in [-0.39, 0.29) is 5.78 Å². The van der Waals surface area contributed by atoms with Crippen LogP contribution in [0.1, 0.15) is 42.1 Å². The van der Waals surface area contributed by atoms with Gasteiger partial charge >= 0.3 is 0 Å². The van der Waals surface area contributed by atoms with Crippen LogP contribution in [0.15, 0.2) is 18.2 Å². The molecule has 3 heteroatoms. The number of hydrogen-bond donors (Lipinski definition) is 0. The van der Waals surface area contributed by atoms with Gasteiger partial charge in [0.2, 0.25) is 0 Å². The summed E-state index contributed by atoms with van der Waals surface area (Å²) in [6.45, 7) is 5.00. The van der Waals surface area contributed by atoms with E-state index in [1.54, 1.807) is 7.11 Å². The van der Waals surface area contributed by atoms with Gasteiger partial charge in [-0.1, -0.05) is 19.9 Å². The normalized spacial score (nSPS) is 11.1. The number of Topliss-reactive ketones (excluding diaryl/α,β-unsaturated/α-hetero) is 1. The predicted molar refractivity (Wildman–Crippen MR) is 74.6 cm³/mol. The van der Waals surface area contributed by atoms with Crippen molar-refractivity contribution < 1.29 is 9.53 Å². The van der Waals surface area contributed by atoms with Crippen LogP contribution < -0.4 is 4.74 Å². The van der Waals surface area contributed by atoms with Gasteiger partial charge in [0.1, 0.15) is 5.75 Å².